The SMILES string of the molecule is COc1ccc([C@@H]2C(C(=O)Nc3ccccc3)=C(C)N=c3s/c(=C/c4ccc5c(c4)OCO5)c(=O)n32)cc1. The first kappa shape index (κ1) is 23.7. The number of anilines is 1. The van der Waals surface area contributed by atoms with E-state index in [2.05, 4.69) is 5.32 Å². The molecule has 6 rings (SSSR count). The van der Waals surface area contributed by atoms with Crippen molar-refractivity contribution in [1.29, 1.82) is 0 Å². The zero-order valence-electron chi connectivity index (χ0n) is 20.6. The van der Waals surface area contributed by atoms with Crippen molar-refractivity contribution in [3.63, 3.8) is 0 Å². The van der Waals surface area contributed by atoms with Crippen molar-refractivity contribution < 1.29 is 19.0 Å². The molecular formula is C29H23N3O5S. The Balaban J connectivity index is 1.49. The molecule has 1 N–H and O–H groups in total. The van der Waals surface area contributed by atoms with Gasteiger partial charge in [-0.1, -0.05) is 47.7 Å². The summed E-state index contributed by atoms with van der Waals surface area (Å²) in [5, 5.41) is 2.96. The fourth-order valence-corrected chi connectivity index (χ4v) is 5.63. The number of amides is 1. The third kappa shape index (κ3) is 4.26. The highest BCUT2D eigenvalue weighted by molar-refractivity contribution is 7.07. The molecule has 0 radical (unpaired) electrons. The van der Waals surface area contributed by atoms with Gasteiger partial charge in [0.25, 0.3) is 11.5 Å². The Morgan fingerprint density at radius 3 is 2.61 bits per heavy atom. The van der Waals surface area contributed by atoms with Crippen LogP contribution in [-0.4, -0.2) is 24.4 Å². The van der Waals surface area contributed by atoms with Crippen LogP contribution in [0.2, 0.25) is 0 Å². The molecule has 1 aromatic heterocycles. The van der Waals surface area contributed by atoms with Gasteiger partial charge in [-0.05, 0) is 60.5 Å². The van der Waals surface area contributed by atoms with Gasteiger partial charge in [-0.15, -0.1) is 0 Å². The van der Waals surface area contributed by atoms with Crippen molar-refractivity contribution in [1.82, 2.24) is 4.57 Å². The van der Waals surface area contributed by atoms with Gasteiger partial charge in [0.2, 0.25) is 6.79 Å². The monoisotopic (exact) mass is 525 g/mol. The fraction of sp³-hybridized carbons (Fsp3) is 0.138. The summed E-state index contributed by atoms with van der Waals surface area (Å²) in [7, 11) is 1.59. The van der Waals surface area contributed by atoms with Crippen molar-refractivity contribution >= 4 is 29.0 Å². The van der Waals surface area contributed by atoms with Gasteiger partial charge < -0.3 is 19.5 Å². The minimum absolute atomic E-state index is 0.177. The van der Waals surface area contributed by atoms with Crippen LogP contribution < -0.4 is 34.4 Å². The Morgan fingerprint density at radius 1 is 1.08 bits per heavy atom. The maximum atomic E-state index is 13.8. The maximum absolute atomic E-state index is 13.8. The van der Waals surface area contributed by atoms with Gasteiger partial charge in [-0.2, -0.15) is 0 Å². The van der Waals surface area contributed by atoms with Crippen LogP contribution in [0.3, 0.4) is 0 Å². The Labute approximate surface area is 221 Å². The second kappa shape index (κ2) is 9.68. The number of carbonyl (C=O) groups excluding carboxylic acids is 1. The van der Waals surface area contributed by atoms with Crippen LogP contribution in [0.1, 0.15) is 24.1 Å². The number of hydrogen-bond donors (Lipinski definition) is 1. The van der Waals surface area contributed by atoms with Crippen LogP contribution in [0.5, 0.6) is 17.2 Å². The molecule has 0 fully saturated rings. The number of hydrogen-bond acceptors (Lipinski definition) is 7. The smallest absolute Gasteiger partial charge is 0.271 e. The Hall–Kier alpha value is -4.63. The summed E-state index contributed by atoms with van der Waals surface area (Å²) in [5.41, 5.74) is 2.96. The first-order valence-electron chi connectivity index (χ1n) is 11.9. The summed E-state index contributed by atoms with van der Waals surface area (Å²) in [6.45, 7) is 1.97. The number of fused-ring (bicyclic) bond motifs is 2. The standard InChI is InChI=1S/C29H23N3O5S/c1-17-25(27(33)31-20-6-4-3-5-7-20)26(19-9-11-21(35-2)12-10-19)32-28(34)24(38-29(32)30-17)15-18-8-13-22-23(14-18)37-16-36-22/h3-15,26H,16H2,1-2H3,(H,31,33)/b24-15+/t26-/m1/s1. The van der Waals surface area contributed by atoms with E-state index < -0.39 is 6.04 Å². The van der Waals surface area contributed by atoms with E-state index in [-0.39, 0.29) is 18.3 Å². The molecule has 0 bridgehead atoms. The summed E-state index contributed by atoms with van der Waals surface area (Å²) >= 11 is 1.28. The molecule has 38 heavy (non-hydrogen) atoms. The van der Waals surface area contributed by atoms with Gasteiger partial charge in [0, 0.05) is 5.69 Å². The van der Waals surface area contributed by atoms with Gasteiger partial charge in [-0.25, -0.2) is 4.99 Å². The van der Waals surface area contributed by atoms with Crippen LogP contribution in [0.15, 0.2) is 93.9 Å². The highest BCUT2D eigenvalue weighted by Gasteiger charge is 2.32. The van der Waals surface area contributed by atoms with Crippen LogP contribution in [0.25, 0.3) is 6.08 Å². The number of para-hydroxylation sites is 1. The van der Waals surface area contributed by atoms with Gasteiger partial charge in [0.1, 0.15) is 5.75 Å². The number of aromatic nitrogens is 1. The number of allylic oxidation sites excluding steroid dienone is 1. The van der Waals surface area contributed by atoms with Crippen molar-refractivity contribution in [2.75, 3.05) is 19.2 Å². The highest BCUT2D eigenvalue weighted by Crippen LogP contribution is 2.33. The summed E-state index contributed by atoms with van der Waals surface area (Å²) in [4.78, 5) is 32.7. The molecule has 8 nitrogen and oxygen atoms in total. The predicted molar refractivity (Wildman–Crippen MR) is 144 cm³/mol. The molecule has 4 aromatic rings. The summed E-state index contributed by atoms with van der Waals surface area (Å²) < 4.78 is 18.3. The lowest BCUT2D eigenvalue weighted by Crippen LogP contribution is -2.40. The van der Waals surface area contributed by atoms with Gasteiger partial charge in [-0.3, -0.25) is 14.2 Å². The predicted octanol–water partition coefficient (Wildman–Crippen LogP) is 3.61. The lowest BCUT2D eigenvalue weighted by Gasteiger charge is -2.25. The van der Waals surface area contributed by atoms with Crippen molar-refractivity contribution in [3.05, 3.63) is 115 Å². The van der Waals surface area contributed by atoms with Crippen molar-refractivity contribution in [3.8, 4) is 17.2 Å². The molecule has 9 heteroatoms. The first-order chi connectivity index (χ1) is 18.5. The Kier molecular flexibility index (Phi) is 6.05. The van der Waals surface area contributed by atoms with E-state index in [0.717, 1.165) is 11.1 Å². The van der Waals surface area contributed by atoms with Gasteiger partial charge in [0.05, 0.1) is 29.0 Å². The second-order valence-electron chi connectivity index (χ2n) is 8.79. The van der Waals surface area contributed by atoms with Crippen LogP contribution in [-0.2, 0) is 4.79 Å². The largest absolute Gasteiger partial charge is 0.497 e. The quantitative estimate of drug-likeness (QED) is 0.430. The van der Waals surface area contributed by atoms with E-state index >= 15 is 0 Å². The molecule has 0 unspecified atom stereocenters. The average Bonchev–Trinajstić information content (AvgIpc) is 3.52. The lowest BCUT2D eigenvalue weighted by atomic mass is 9.95. The third-order valence-electron chi connectivity index (χ3n) is 6.42. The number of benzene rings is 3. The third-order valence-corrected chi connectivity index (χ3v) is 7.41. The minimum Gasteiger partial charge on any atom is -0.497 e. The molecule has 3 heterocycles. The second-order valence-corrected chi connectivity index (χ2v) is 9.80. The molecule has 0 saturated heterocycles. The molecule has 2 aliphatic rings. The van der Waals surface area contributed by atoms with E-state index in [1.165, 1.54) is 11.3 Å². The van der Waals surface area contributed by atoms with Gasteiger partial charge in [0.15, 0.2) is 16.3 Å². The van der Waals surface area contributed by atoms with Gasteiger partial charge >= 0.3 is 0 Å². The number of nitrogens with zero attached hydrogens (tertiary/aromatic N) is 2. The van der Waals surface area contributed by atoms with E-state index in [1.54, 1.807) is 24.7 Å². The minimum atomic E-state index is -0.667. The molecule has 1 amide bonds. The topological polar surface area (TPSA) is 91.2 Å². The molecule has 3 aromatic carbocycles. The van der Waals surface area contributed by atoms with Crippen molar-refractivity contribution in [2.45, 2.75) is 13.0 Å². The molecular weight excluding hydrogens is 502 g/mol. The Bertz CT molecular complexity index is 1750. The Morgan fingerprint density at radius 2 is 1.84 bits per heavy atom. The molecule has 190 valence electrons. The van der Waals surface area contributed by atoms with Crippen LogP contribution in [0.4, 0.5) is 5.69 Å². The van der Waals surface area contributed by atoms with E-state index in [9.17, 15) is 9.59 Å². The number of ether oxygens (including phenoxy) is 3. The maximum Gasteiger partial charge on any atom is 0.271 e. The van der Waals surface area contributed by atoms with E-state index in [4.69, 9.17) is 19.2 Å². The number of thiazole rings is 1. The number of methoxy groups -OCH3 is 1. The number of nitrogens with one attached hydrogen (secondary N) is 1. The molecule has 0 aliphatic carbocycles. The van der Waals surface area contributed by atoms with E-state index in [1.807, 2.05) is 72.8 Å². The first-order valence-corrected chi connectivity index (χ1v) is 12.8. The molecule has 2 aliphatic heterocycles. The summed E-state index contributed by atoms with van der Waals surface area (Å²) in [6, 6.07) is 21.5. The fourth-order valence-electron chi connectivity index (χ4n) is 4.59. The molecule has 0 saturated carbocycles. The zero-order valence-corrected chi connectivity index (χ0v) is 21.5. The lowest BCUT2D eigenvalue weighted by molar-refractivity contribution is -0.113. The van der Waals surface area contributed by atoms with Crippen molar-refractivity contribution in [2.24, 2.45) is 4.99 Å². The average molecular weight is 526 g/mol. The number of carbonyl (C=O) groups is 1. The summed E-state index contributed by atoms with van der Waals surface area (Å²) in [6.07, 6.45) is 1.81. The van der Waals surface area contributed by atoms with Crippen LogP contribution in [0, 0.1) is 0 Å². The van der Waals surface area contributed by atoms with Crippen LogP contribution >= 0.6 is 11.3 Å². The van der Waals surface area contributed by atoms with E-state index in [0.29, 0.717) is 43.5 Å². The highest BCUT2D eigenvalue weighted by atomic mass is 32.1. The zero-order chi connectivity index (χ0) is 26.2. The molecule has 1 atom stereocenters. The number of rotatable bonds is 5. The molecule has 0 spiro atoms. The summed E-state index contributed by atoms with van der Waals surface area (Å²) in [5.74, 6) is 1.68. The normalized spacial score (nSPS) is 16.2.